The second kappa shape index (κ2) is 8.50. The molecule has 0 saturated carbocycles. The summed E-state index contributed by atoms with van der Waals surface area (Å²) in [6.45, 7) is 2.24. The zero-order valence-electron chi connectivity index (χ0n) is 17.8. The van der Waals surface area contributed by atoms with Crippen LogP contribution in [-0.4, -0.2) is 0 Å². The molecule has 0 aliphatic heterocycles. The number of aryl methyl sites for hydroxylation is 1. The number of fused-ring (bicyclic) bond motifs is 1. The molecule has 0 spiro atoms. The maximum atomic E-state index is 2.39. The second-order valence-corrected chi connectivity index (χ2v) is 11.6. The summed E-state index contributed by atoms with van der Waals surface area (Å²) in [5.41, 5.74) is 2.75. The minimum Gasteiger partial charge on any atom is -0.0620 e. The van der Waals surface area contributed by atoms with Crippen molar-refractivity contribution in [2.24, 2.45) is 0 Å². The fourth-order valence-electron chi connectivity index (χ4n) is 4.71. The molecule has 5 rings (SSSR count). The van der Waals surface area contributed by atoms with E-state index < -0.39 is 7.26 Å². The fourth-order valence-corrected chi connectivity index (χ4v) is 8.93. The summed E-state index contributed by atoms with van der Waals surface area (Å²) in [4.78, 5) is 0. The van der Waals surface area contributed by atoms with E-state index in [1.165, 1.54) is 37.8 Å². The van der Waals surface area contributed by atoms with Gasteiger partial charge in [-0.25, -0.2) is 0 Å². The van der Waals surface area contributed by atoms with Gasteiger partial charge in [-0.1, -0.05) is 84.9 Å². The molecule has 5 aromatic rings. The Kier molecular flexibility index (Phi) is 5.41. The molecule has 0 aromatic heterocycles. The number of benzene rings is 5. The highest BCUT2D eigenvalue weighted by Gasteiger charge is 2.45. The standard InChI is InChI=1S/C30H26P/c1-24-21-25(22-26-13-11-12-20-30(24)26)23-31(27-14-5-2-6-15-27,28-16-7-3-8-17-28)29-18-9-4-10-19-29/h2-22H,23H2,1H3/q+1. The monoisotopic (exact) mass is 417 g/mol. The van der Waals surface area contributed by atoms with E-state index in [1.54, 1.807) is 0 Å². The van der Waals surface area contributed by atoms with Crippen molar-refractivity contribution < 1.29 is 0 Å². The van der Waals surface area contributed by atoms with Gasteiger partial charge in [0, 0.05) is 0 Å². The van der Waals surface area contributed by atoms with E-state index in [-0.39, 0.29) is 0 Å². The van der Waals surface area contributed by atoms with Gasteiger partial charge in [0.1, 0.15) is 23.2 Å². The molecule has 1 heteroatoms. The maximum absolute atomic E-state index is 2.39. The van der Waals surface area contributed by atoms with Gasteiger partial charge in [0.15, 0.2) is 0 Å². The summed E-state index contributed by atoms with van der Waals surface area (Å²) in [5.74, 6) is 0. The first kappa shape index (κ1) is 19.7. The van der Waals surface area contributed by atoms with E-state index in [1.807, 2.05) is 0 Å². The Morgan fingerprint density at radius 2 is 0.968 bits per heavy atom. The average Bonchev–Trinajstić information content (AvgIpc) is 2.84. The van der Waals surface area contributed by atoms with Gasteiger partial charge < -0.3 is 0 Å². The SMILES string of the molecule is Cc1cc(C[P+](c2ccccc2)(c2ccccc2)c2ccccc2)cc2ccccc12. The highest BCUT2D eigenvalue weighted by molar-refractivity contribution is 7.95. The molecule has 0 amide bonds. The van der Waals surface area contributed by atoms with E-state index in [9.17, 15) is 0 Å². The summed E-state index contributed by atoms with van der Waals surface area (Å²) in [6.07, 6.45) is 1.01. The van der Waals surface area contributed by atoms with Crippen LogP contribution in [0.15, 0.2) is 127 Å². The molecular weight excluding hydrogens is 391 g/mol. The number of hydrogen-bond donors (Lipinski definition) is 0. The molecule has 0 fully saturated rings. The van der Waals surface area contributed by atoms with Gasteiger partial charge in [-0.2, -0.15) is 0 Å². The summed E-state index contributed by atoms with van der Waals surface area (Å²) < 4.78 is 0. The van der Waals surface area contributed by atoms with Crippen molar-refractivity contribution in [3.8, 4) is 0 Å². The normalized spacial score (nSPS) is 11.5. The van der Waals surface area contributed by atoms with Crippen molar-refractivity contribution in [1.29, 1.82) is 0 Å². The minimum atomic E-state index is -1.87. The molecule has 0 radical (unpaired) electrons. The highest BCUT2D eigenvalue weighted by Crippen LogP contribution is 2.58. The van der Waals surface area contributed by atoms with E-state index in [2.05, 4.69) is 134 Å². The topological polar surface area (TPSA) is 0 Å². The van der Waals surface area contributed by atoms with Crippen molar-refractivity contribution in [3.05, 3.63) is 139 Å². The first-order valence-electron chi connectivity index (χ1n) is 10.8. The van der Waals surface area contributed by atoms with Crippen molar-refractivity contribution in [2.45, 2.75) is 13.1 Å². The molecule has 0 nitrogen and oxygen atoms in total. The average molecular weight is 418 g/mol. The molecule has 0 unspecified atom stereocenters. The third-order valence-electron chi connectivity index (χ3n) is 6.14. The largest absolute Gasteiger partial charge is 0.116 e. The number of hydrogen-bond acceptors (Lipinski definition) is 0. The maximum Gasteiger partial charge on any atom is 0.116 e. The quantitative estimate of drug-likeness (QED) is 0.281. The lowest BCUT2D eigenvalue weighted by molar-refractivity contribution is 1.37. The van der Waals surface area contributed by atoms with Crippen molar-refractivity contribution in [1.82, 2.24) is 0 Å². The Labute approximate surface area is 185 Å². The fraction of sp³-hybridized carbons (Fsp3) is 0.0667. The zero-order chi connectivity index (χ0) is 21.1. The Morgan fingerprint density at radius 3 is 1.48 bits per heavy atom. The first-order chi connectivity index (χ1) is 15.3. The van der Waals surface area contributed by atoms with Gasteiger partial charge in [-0.3, -0.25) is 0 Å². The molecule has 150 valence electrons. The third kappa shape index (κ3) is 3.69. The van der Waals surface area contributed by atoms with Gasteiger partial charge in [-0.15, -0.1) is 0 Å². The Bertz CT molecular complexity index is 1200. The van der Waals surface area contributed by atoms with Crippen LogP contribution in [0.1, 0.15) is 11.1 Å². The van der Waals surface area contributed by atoms with Crippen LogP contribution in [-0.2, 0) is 6.16 Å². The molecular formula is C30H26P+. The van der Waals surface area contributed by atoms with Gasteiger partial charge in [0.25, 0.3) is 0 Å². The first-order valence-corrected chi connectivity index (χ1v) is 12.8. The zero-order valence-corrected chi connectivity index (χ0v) is 18.7. The third-order valence-corrected chi connectivity index (χ3v) is 10.5. The number of rotatable bonds is 5. The van der Waals surface area contributed by atoms with Crippen LogP contribution < -0.4 is 15.9 Å². The van der Waals surface area contributed by atoms with E-state index in [4.69, 9.17) is 0 Å². The van der Waals surface area contributed by atoms with Gasteiger partial charge >= 0.3 is 0 Å². The van der Waals surface area contributed by atoms with Crippen LogP contribution in [0.5, 0.6) is 0 Å². The summed E-state index contributed by atoms with van der Waals surface area (Å²) in [7, 11) is -1.87. The van der Waals surface area contributed by atoms with Crippen LogP contribution in [0.25, 0.3) is 10.8 Å². The van der Waals surface area contributed by atoms with Crippen LogP contribution in [0.3, 0.4) is 0 Å². The molecule has 0 atom stereocenters. The Morgan fingerprint density at radius 1 is 0.516 bits per heavy atom. The van der Waals surface area contributed by atoms with E-state index in [0.717, 1.165) is 6.16 Å². The minimum absolute atomic E-state index is 1.01. The van der Waals surface area contributed by atoms with Crippen LogP contribution in [0, 0.1) is 6.92 Å². The lowest BCUT2D eigenvalue weighted by atomic mass is 10.0. The molecule has 31 heavy (non-hydrogen) atoms. The van der Waals surface area contributed by atoms with Crippen LogP contribution in [0.2, 0.25) is 0 Å². The summed E-state index contributed by atoms with van der Waals surface area (Å²) in [5, 5.41) is 6.95. The van der Waals surface area contributed by atoms with Gasteiger partial charge in [-0.05, 0) is 71.3 Å². The van der Waals surface area contributed by atoms with Crippen molar-refractivity contribution >= 4 is 33.9 Å². The van der Waals surface area contributed by atoms with Crippen molar-refractivity contribution in [2.75, 3.05) is 0 Å². The molecule has 0 aliphatic carbocycles. The van der Waals surface area contributed by atoms with Crippen molar-refractivity contribution in [3.63, 3.8) is 0 Å². The molecule has 0 saturated heterocycles. The molecule has 0 aliphatic rings. The van der Waals surface area contributed by atoms with Gasteiger partial charge in [0.05, 0.1) is 6.16 Å². The molecule has 0 bridgehead atoms. The predicted molar refractivity (Wildman–Crippen MR) is 138 cm³/mol. The summed E-state index contributed by atoms with van der Waals surface area (Å²) in [6, 6.07) is 46.9. The lowest BCUT2D eigenvalue weighted by Crippen LogP contribution is -2.32. The predicted octanol–water partition coefficient (Wildman–Crippen LogP) is 6.64. The smallest absolute Gasteiger partial charge is 0.0620 e. The molecule has 5 aromatic carbocycles. The van der Waals surface area contributed by atoms with Crippen LogP contribution >= 0.6 is 7.26 Å². The van der Waals surface area contributed by atoms with E-state index >= 15 is 0 Å². The molecule has 0 heterocycles. The highest BCUT2D eigenvalue weighted by atomic mass is 31.2. The summed E-state index contributed by atoms with van der Waals surface area (Å²) >= 11 is 0. The lowest BCUT2D eigenvalue weighted by Gasteiger charge is -2.28. The molecule has 0 N–H and O–H groups in total. The second-order valence-electron chi connectivity index (χ2n) is 8.11. The van der Waals surface area contributed by atoms with Crippen LogP contribution in [0.4, 0.5) is 0 Å². The Hall–Kier alpha value is -3.21. The van der Waals surface area contributed by atoms with E-state index in [0.29, 0.717) is 0 Å². The van der Waals surface area contributed by atoms with Gasteiger partial charge in [0.2, 0.25) is 0 Å². The Balaban J connectivity index is 1.78.